The molecule has 2 heterocycles. The highest BCUT2D eigenvalue weighted by Gasteiger charge is 2.09. The molecule has 23 heavy (non-hydrogen) atoms. The molecule has 0 aliphatic heterocycles. The molecule has 0 bridgehead atoms. The summed E-state index contributed by atoms with van der Waals surface area (Å²) in [5, 5.41) is 14.9. The minimum absolute atomic E-state index is 0.0296. The van der Waals surface area contributed by atoms with E-state index in [2.05, 4.69) is 15.4 Å². The van der Waals surface area contributed by atoms with Crippen LogP contribution in [0.4, 0.5) is 10.7 Å². The van der Waals surface area contributed by atoms with Gasteiger partial charge in [0.1, 0.15) is 0 Å². The molecule has 0 saturated heterocycles. The lowest BCUT2D eigenvalue weighted by molar-refractivity contribution is 0.209. The zero-order valence-corrected chi connectivity index (χ0v) is 12.5. The Balaban J connectivity index is 2.01. The average Bonchev–Trinajstić information content (AvgIpc) is 2.94. The van der Waals surface area contributed by atoms with Gasteiger partial charge in [0.25, 0.3) is 5.95 Å². The van der Waals surface area contributed by atoms with Crippen LogP contribution in [-0.2, 0) is 0 Å². The number of pyridine rings is 1. The number of hydrogen-bond acceptors (Lipinski definition) is 5. The van der Waals surface area contributed by atoms with E-state index in [4.69, 9.17) is 14.6 Å². The summed E-state index contributed by atoms with van der Waals surface area (Å²) < 4.78 is 12.0. The van der Waals surface area contributed by atoms with Crippen molar-refractivity contribution in [3.63, 3.8) is 0 Å². The molecule has 1 amide bonds. The van der Waals surface area contributed by atoms with E-state index in [1.807, 2.05) is 24.3 Å². The molecule has 1 aromatic carbocycles. The number of hydrogen-bond donors (Lipinski definition) is 2. The number of amides is 1. The molecule has 0 saturated carbocycles. The Hall–Kier alpha value is -3.29. The molecule has 2 N–H and O–H groups in total. The van der Waals surface area contributed by atoms with E-state index in [0.717, 1.165) is 11.1 Å². The molecule has 0 aliphatic carbocycles. The lowest BCUT2D eigenvalue weighted by Crippen LogP contribution is -2.08. The maximum atomic E-state index is 10.6. The number of methoxy groups -OCH3 is 2. The predicted molar refractivity (Wildman–Crippen MR) is 83.2 cm³/mol. The van der Waals surface area contributed by atoms with Crippen molar-refractivity contribution in [2.75, 3.05) is 19.5 Å². The molecular weight excluding hydrogens is 300 g/mol. The van der Waals surface area contributed by atoms with Gasteiger partial charge < -0.3 is 14.6 Å². The van der Waals surface area contributed by atoms with Gasteiger partial charge in [0, 0.05) is 11.8 Å². The first kappa shape index (κ1) is 14.6. The lowest BCUT2D eigenvalue weighted by Gasteiger charge is -2.09. The van der Waals surface area contributed by atoms with Crippen molar-refractivity contribution in [2.24, 2.45) is 0 Å². The maximum Gasteiger partial charge on any atom is 0.411 e. The van der Waals surface area contributed by atoms with Crippen LogP contribution >= 0.6 is 0 Å². The van der Waals surface area contributed by atoms with E-state index in [9.17, 15) is 4.79 Å². The van der Waals surface area contributed by atoms with Gasteiger partial charge in [0.15, 0.2) is 17.1 Å². The highest BCUT2D eigenvalue weighted by Crippen LogP contribution is 2.32. The zero-order valence-electron chi connectivity index (χ0n) is 12.5. The first-order valence-corrected chi connectivity index (χ1v) is 6.69. The van der Waals surface area contributed by atoms with Crippen LogP contribution < -0.4 is 14.8 Å². The van der Waals surface area contributed by atoms with Gasteiger partial charge in [-0.05, 0) is 29.8 Å². The van der Waals surface area contributed by atoms with E-state index < -0.39 is 6.09 Å². The zero-order chi connectivity index (χ0) is 16.4. The second-order valence-corrected chi connectivity index (χ2v) is 4.66. The van der Waals surface area contributed by atoms with Gasteiger partial charge in [-0.3, -0.25) is 5.32 Å². The van der Waals surface area contributed by atoms with E-state index in [1.165, 1.54) is 4.52 Å². The molecule has 2 aromatic heterocycles. The molecule has 118 valence electrons. The van der Waals surface area contributed by atoms with Gasteiger partial charge in [-0.1, -0.05) is 6.07 Å². The molecule has 0 atom stereocenters. The second-order valence-electron chi connectivity index (χ2n) is 4.66. The van der Waals surface area contributed by atoms with Gasteiger partial charge in [0.05, 0.1) is 14.2 Å². The summed E-state index contributed by atoms with van der Waals surface area (Å²) in [6.45, 7) is 0. The quantitative estimate of drug-likeness (QED) is 0.768. The van der Waals surface area contributed by atoms with Crippen molar-refractivity contribution in [1.82, 2.24) is 14.6 Å². The first-order valence-electron chi connectivity index (χ1n) is 6.69. The number of carboxylic acid groups (broad SMARTS) is 1. The average molecular weight is 314 g/mol. The number of rotatable bonds is 4. The predicted octanol–water partition coefficient (Wildman–Crippen LogP) is 2.50. The number of nitrogens with one attached hydrogen (secondary N) is 1. The fourth-order valence-corrected chi connectivity index (χ4v) is 2.22. The molecule has 8 heteroatoms. The molecule has 0 radical (unpaired) electrons. The Kier molecular flexibility index (Phi) is 3.71. The standard InChI is InChI=1S/C15H14N4O4/c1-22-11-5-3-9(7-12(11)23-2)10-4-6-13-16-14(17-15(20)21)18-19(13)8-10/h3-8H,1-2H3,(H,17,18)(H,20,21). The topological polar surface area (TPSA) is 98.0 Å². The summed E-state index contributed by atoms with van der Waals surface area (Å²) in [7, 11) is 3.15. The molecular formula is C15H14N4O4. The largest absolute Gasteiger partial charge is 0.493 e. The summed E-state index contributed by atoms with van der Waals surface area (Å²) in [5.41, 5.74) is 2.33. The Bertz CT molecular complexity index is 875. The lowest BCUT2D eigenvalue weighted by atomic mass is 10.1. The number of aromatic nitrogens is 3. The second kappa shape index (κ2) is 5.84. The van der Waals surface area contributed by atoms with E-state index in [-0.39, 0.29) is 5.95 Å². The van der Waals surface area contributed by atoms with Crippen LogP contribution in [-0.4, -0.2) is 40.0 Å². The van der Waals surface area contributed by atoms with Crippen molar-refractivity contribution in [3.8, 4) is 22.6 Å². The summed E-state index contributed by atoms with van der Waals surface area (Å²) in [5.74, 6) is 1.30. The molecule has 3 rings (SSSR count). The van der Waals surface area contributed by atoms with Crippen molar-refractivity contribution >= 4 is 17.7 Å². The summed E-state index contributed by atoms with van der Waals surface area (Å²) in [6, 6.07) is 9.20. The highest BCUT2D eigenvalue weighted by molar-refractivity contribution is 5.80. The van der Waals surface area contributed by atoms with E-state index in [1.54, 1.807) is 26.5 Å². The Morgan fingerprint density at radius 1 is 1.13 bits per heavy atom. The minimum Gasteiger partial charge on any atom is -0.493 e. The number of ether oxygens (including phenoxy) is 2. The van der Waals surface area contributed by atoms with E-state index in [0.29, 0.717) is 17.1 Å². The minimum atomic E-state index is -1.21. The molecule has 0 spiro atoms. The summed E-state index contributed by atoms with van der Waals surface area (Å²) >= 11 is 0. The normalized spacial score (nSPS) is 10.5. The van der Waals surface area contributed by atoms with Crippen LogP contribution in [0.2, 0.25) is 0 Å². The van der Waals surface area contributed by atoms with Crippen molar-refractivity contribution in [1.29, 1.82) is 0 Å². The highest BCUT2D eigenvalue weighted by atomic mass is 16.5. The number of nitrogens with zero attached hydrogens (tertiary/aromatic N) is 3. The van der Waals surface area contributed by atoms with Crippen LogP contribution in [0.5, 0.6) is 11.5 Å². The van der Waals surface area contributed by atoms with Crippen molar-refractivity contribution in [2.45, 2.75) is 0 Å². The van der Waals surface area contributed by atoms with Gasteiger partial charge in [-0.2, -0.15) is 4.98 Å². The van der Waals surface area contributed by atoms with Gasteiger partial charge >= 0.3 is 6.09 Å². The summed E-state index contributed by atoms with van der Waals surface area (Å²) in [4.78, 5) is 14.7. The van der Waals surface area contributed by atoms with Gasteiger partial charge in [0.2, 0.25) is 0 Å². The van der Waals surface area contributed by atoms with Gasteiger partial charge in [-0.15, -0.1) is 5.10 Å². The van der Waals surface area contributed by atoms with Crippen LogP contribution in [0.3, 0.4) is 0 Å². The Labute approximate surface area is 131 Å². The third kappa shape index (κ3) is 2.86. The third-order valence-corrected chi connectivity index (χ3v) is 3.27. The summed E-state index contributed by atoms with van der Waals surface area (Å²) in [6.07, 6.45) is 0.553. The van der Waals surface area contributed by atoms with E-state index >= 15 is 0 Å². The number of benzene rings is 1. The Morgan fingerprint density at radius 2 is 1.87 bits per heavy atom. The number of carbonyl (C=O) groups is 1. The number of fused-ring (bicyclic) bond motifs is 1. The van der Waals surface area contributed by atoms with Crippen molar-refractivity contribution < 1.29 is 19.4 Å². The SMILES string of the molecule is COc1ccc(-c2ccc3nc(NC(=O)O)nn3c2)cc1OC. The molecule has 0 aliphatic rings. The molecule has 3 aromatic rings. The fraction of sp³-hybridized carbons (Fsp3) is 0.133. The Morgan fingerprint density at radius 3 is 2.57 bits per heavy atom. The van der Waals surface area contributed by atoms with Crippen LogP contribution in [0.25, 0.3) is 16.8 Å². The maximum absolute atomic E-state index is 10.6. The smallest absolute Gasteiger partial charge is 0.411 e. The van der Waals surface area contributed by atoms with Crippen LogP contribution in [0.15, 0.2) is 36.5 Å². The van der Waals surface area contributed by atoms with Crippen molar-refractivity contribution in [3.05, 3.63) is 36.5 Å². The van der Waals surface area contributed by atoms with Crippen LogP contribution in [0.1, 0.15) is 0 Å². The van der Waals surface area contributed by atoms with Gasteiger partial charge in [-0.25, -0.2) is 9.31 Å². The monoisotopic (exact) mass is 314 g/mol. The van der Waals surface area contributed by atoms with Crippen LogP contribution in [0, 0.1) is 0 Å². The molecule has 0 fully saturated rings. The first-order chi connectivity index (χ1) is 11.1. The number of anilines is 1. The molecule has 8 nitrogen and oxygen atoms in total. The molecule has 0 unspecified atom stereocenters. The third-order valence-electron chi connectivity index (χ3n) is 3.27. The fourth-order valence-electron chi connectivity index (χ4n) is 2.22.